The van der Waals surface area contributed by atoms with Crippen LogP contribution in [0.3, 0.4) is 0 Å². The third kappa shape index (κ3) is 3.93. The number of benzene rings is 2. The van der Waals surface area contributed by atoms with Gasteiger partial charge in [-0.1, -0.05) is 36.2 Å². The second-order valence-electron chi connectivity index (χ2n) is 6.89. The summed E-state index contributed by atoms with van der Waals surface area (Å²) in [5.41, 5.74) is 3.90. The normalized spacial score (nSPS) is 13.1. The Kier molecular flexibility index (Phi) is 5.45. The Labute approximate surface area is 174 Å². The quantitative estimate of drug-likeness (QED) is 0.669. The van der Waals surface area contributed by atoms with Crippen molar-refractivity contribution in [3.8, 4) is 17.2 Å². The number of ether oxygens (including phenoxy) is 2. The van der Waals surface area contributed by atoms with Gasteiger partial charge in [0.15, 0.2) is 11.5 Å². The number of aryl methyl sites for hydroxylation is 1. The van der Waals surface area contributed by atoms with Gasteiger partial charge in [-0.2, -0.15) is 5.10 Å². The van der Waals surface area contributed by atoms with Gasteiger partial charge in [0.2, 0.25) is 0 Å². The van der Waals surface area contributed by atoms with Crippen molar-refractivity contribution in [3.63, 3.8) is 0 Å². The molecule has 0 unspecified atom stereocenters. The number of fused-ring (bicyclic) bond motifs is 1. The van der Waals surface area contributed by atoms with E-state index in [1.807, 2.05) is 38.1 Å². The molecule has 0 bridgehead atoms. The van der Waals surface area contributed by atoms with E-state index in [9.17, 15) is 4.79 Å². The minimum atomic E-state index is -0.267. The van der Waals surface area contributed by atoms with E-state index in [4.69, 9.17) is 21.1 Å². The van der Waals surface area contributed by atoms with E-state index in [0.717, 1.165) is 17.8 Å². The Morgan fingerprint density at radius 1 is 1.17 bits per heavy atom. The van der Waals surface area contributed by atoms with Crippen molar-refractivity contribution in [3.05, 3.63) is 64.4 Å². The maximum Gasteiger partial charge on any atom is 0.259 e. The summed E-state index contributed by atoms with van der Waals surface area (Å²) >= 11 is 6.36. The van der Waals surface area contributed by atoms with E-state index >= 15 is 0 Å². The van der Waals surface area contributed by atoms with Gasteiger partial charge in [-0.05, 0) is 25.5 Å². The van der Waals surface area contributed by atoms with Crippen LogP contribution in [0.4, 0.5) is 5.69 Å². The molecule has 29 heavy (non-hydrogen) atoms. The lowest BCUT2D eigenvalue weighted by Crippen LogP contribution is -2.15. The van der Waals surface area contributed by atoms with Crippen LogP contribution in [-0.2, 0) is 6.42 Å². The zero-order valence-corrected chi connectivity index (χ0v) is 17.1. The first kappa shape index (κ1) is 19.3. The molecule has 150 valence electrons. The molecule has 0 aliphatic carbocycles. The monoisotopic (exact) mass is 411 g/mol. The highest BCUT2D eigenvalue weighted by molar-refractivity contribution is 6.34. The molecule has 0 fully saturated rings. The number of carbonyl (C=O) groups excluding carboxylic acids is 1. The minimum Gasteiger partial charge on any atom is -0.490 e. The lowest BCUT2D eigenvalue weighted by Gasteiger charge is -2.13. The Morgan fingerprint density at radius 2 is 1.86 bits per heavy atom. The molecule has 1 aromatic heterocycles. The first-order chi connectivity index (χ1) is 14.1. The molecule has 0 radical (unpaired) electrons. The van der Waals surface area contributed by atoms with Gasteiger partial charge in [-0.15, -0.1) is 0 Å². The van der Waals surface area contributed by atoms with E-state index in [-0.39, 0.29) is 5.91 Å². The van der Waals surface area contributed by atoms with Crippen molar-refractivity contribution in [2.75, 3.05) is 18.5 Å². The fraction of sp³-hybridized carbons (Fsp3) is 0.273. The van der Waals surface area contributed by atoms with Gasteiger partial charge in [0.05, 0.1) is 47.1 Å². The predicted molar refractivity (Wildman–Crippen MR) is 113 cm³/mol. The summed E-state index contributed by atoms with van der Waals surface area (Å²) in [7, 11) is 0. The number of amides is 1. The molecule has 1 N–H and O–H groups in total. The average molecular weight is 412 g/mol. The van der Waals surface area contributed by atoms with Gasteiger partial charge in [-0.25, -0.2) is 4.68 Å². The maximum atomic E-state index is 13.0. The summed E-state index contributed by atoms with van der Waals surface area (Å²) in [6, 6.07) is 11.4. The molecule has 1 amide bonds. The summed E-state index contributed by atoms with van der Waals surface area (Å²) in [5, 5.41) is 7.71. The van der Waals surface area contributed by atoms with E-state index in [0.29, 0.717) is 47.4 Å². The molecule has 2 heterocycles. The summed E-state index contributed by atoms with van der Waals surface area (Å²) in [6.07, 6.45) is 3.04. The number of hydrogen-bond donors (Lipinski definition) is 1. The average Bonchev–Trinajstić information content (AvgIpc) is 3.02. The van der Waals surface area contributed by atoms with Gasteiger partial charge in [0.1, 0.15) is 0 Å². The maximum absolute atomic E-state index is 13.0. The van der Waals surface area contributed by atoms with E-state index in [1.165, 1.54) is 5.56 Å². The topological polar surface area (TPSA) is 65.4 Å². The van der Waals surface area contributed by atoms with Crippen LogP contribution >= 0.6 is 11.6 Å². The van der Waals surface area contributed by atoms with Crippen LogP contribution in [0.2, 0.25) is 5.02 Å². The summed E-state index contributed by atoms with van der Waals surface area (Å²) < 4.78 is 13.1. The third-order valence-electron chi connectivity index (χ3n) is 4.81. The number of rotatable bonds is 4. The molecule has 0 atom stereocenters. The molecular formula is C22H22ClN3O3. The van der Waals surface area contributed by atoms with Crippen LogP contribution in [0.25, 0.3) is 5.69 Å². The Hall–Kier alpha value is -2.99. The molecule has 2 aromatic carbocycles. The number of anilines is 1. The van der Waals surface area contributed by atoms with Crippen molar-refractivity contribution < 1.29 is 14.3 Å². The highest BCUT2D eigenvalue weighted by Gasteiger charge is 2.20. The molecule has 0 spiro atoms. The number of nitrogens with zero attached hydrogens (tertiary/aromatic N) is 2. The molecule has 4 rings (SSSR count). The SMILES string of the molecule is CCc1c(C(=O)Nc2cc3c(cc2Cl)OCCCO3)cnn1-c1ccc(C)cc1. The molecular weight excluding hydrogens is 390 g/mol. The summed E-state index contributed by atoms with van der Waals surface area (Å²) in [4.78, 5) is 13.0. The predicted octanol–water partition coefficient (Wildman–Crippen LogP) is 4.81. The van der Waals surface area contributed by atoms with Crippen molar-refractivity contribution in [1.29, 1.82) is 0 Å². The van der Waals surface area contributed by atoms with Gasteiger partial charge in [-0.3, -0.25) is 4.79 Å². The third-order valence-corrected chi connectivity index (χ3v) is 5.13. The summed E-state index contributed by atoms with van der Waals surface area (Å²) in [6.45, 7) is 5.17. The molecule has 1 aliphatic heterocycles. The second-order valence-corrected chi connectivity index (χ2v) is 7.30. The number of hydrogen-bond acceptors (Lipinski definition) is 4. The highest BCUT2D eigenvalue weighted by Crippen LogP contribution is 2.38. The van der Waals surface area contributed by atoms with E-state index < -0.39 is 0 Å². The number of halogens is 1. The van der Waals surface area contributed by atoms with Gasteiger partial charge < -0.3 is 14.8 Å². The van der Waals surface area contributed by atoms with Crippen LogP contribution in [-0.4, -0.2) is 28.9 Å². The number of aromatic nitrogens is 2. The lowest BCUT2D eigenvalue weighted by atomic mass is 10.1. The van der Waals surface area contributed by atoms with Crippen molar-refractivity contribution >= 4 is 23.2 Å². The van der Waals surface area contributed by atoms with Crippen molar-refractivity contribution in [1.82, 2.24) is 9.78 Å². The lowest BCUT2D eigenvalue weighted by molar-refractivity contribution is 0.102. The van der Waals surface area contributed by atoms with Crippen molar-refractivity contribution in [2.24, 2.45) is 0 Å². The van der Waals surface area contributed by atoms with Crippen LogP contribution in [0.5, 0.6) is 11.5 Å². The minimum absolute atomic E-state index is 0.267. The van der Waals surface area contributed by atoms with Crippen LogP contribution in [0.15, 0.2) is 42.6 Å². The van der Waals surface area contributed by atoms with Crippen LogP contribution in [0, 0.1) is 6.92 Å². The largest absolute Gasteiger partial charge is 0.490 e. The zero-order valence-electron chi connectivity index (χ0n) is 16.4. The Balaban J connectivity index is 1.62. The van der Waals surface area contributed by atoms with Crippen molar-refractivity contribution in [2.45, 2.75) is 26.7 Å². The second kappa shape index (κ2) is 8.17. The molecule has 6 nitrogen and oxygen atoms in total. The van der Waals surface area contributed by atoms with E-state index in [2.05, 4.69) is 10.4 Å². The van der Waals surface area contributed by atoms with Gasteiger partial charge in [0, 0.05) is 18.6 Å². The standard InChI is InChI=1S/C22H22ClN3O3/c1-3-19-16(13-24-26(19)15-7-5-14(2)6-8-15)22(27)25-18-12-21-20(11-17(18)23)28-9-4-10-29-21/h5-8,11-13H,3-4,9-10H2,1-2H3,(H,25,27). The molecule has 0 saturated heterocycles. The number of carbonyl (C=O) groups is 1. The fourth-order valence-corrected chi connectivity index (χ4v) is 3.48. The Bertz CT molecular complexity index is 1040. The van der Waals surface area contributed by atoms with Gasteiger partial charge >= 0.3 is 0 Å². The highest BCUT2D eigenvalue weighted by atomic mass is 35.5. The summed E-state index contributed by atoms with van der Waals surface area (Å²) in [5.74, 6) is 0.900. The molecule has 3 aromatic rings. The first-order valence-electron chi connectivity index (χ1n) is 9.61. The molecule has 7 heteroatoms. The smallest absolute Gasteiger partial charge is 0.259 e. The van der Waals surface area contributed by atoms with Crippen LogP contribution in [0.1, 0.15) is 35.0 Å². The number of nitrogens with one attached hydrogen (secondary N) is 1. The Morgan fingerprint density at radius 3 is 2.55 bits per heavy atom. The fourth-order valence-electron chi connectivity index (χ4n) is 3.28. The molecule has 1 aliphatic rings. The van der Waals surface area contributed by atoms with Crippen LogP contribution < -0.4 is 14.8 Å². The first-order valence-corrected chi connectivity index (χ1v) is 9.99. The molecule has 0 saturated carbocycles. The van der Waals surface area contributed by atoms with Gasteiger partial charge in [0.25, 0.3) is 5.91 Å². The zero-order chi connectivity index (χ0) is 20.4. The van der Waals surface area contributed by atoms with E-state index in [1.54, 1.807) is 23.0 Å².